The van der Waals surface area contributed by atoms with Crippen LogP contribution in [0.3, 0.4) is 0 Å². The lowest BCUT2D eigenvalue weighted by molar-refractivity contribution is -0.0151. The maximum atomic E-state index is 13.1. The Bertz CT molecular complexity index is 1030. The molecular formula is C33H46N2O5. The second kappa shape index (κ2) is 13.5. The number of carbonyl (C=O) groups is 2. The maximum Gasteiger partial charge on any atom is 0.409 e. The fourth-order valence-corrected chi connectivity index (χ4v) is 6.23. The predicted octanol–water partition coefficient (Wildman–Crippen LogP) is 6.63. The summed E-state index contributed by atoms with van der Waals surface area (Å²) in [5.41, 5.74) is -0.00920. The highest BCUT2D eigenvalue weighted by molar-refractivity contribution is 5.69. The molecule has 4 rings (SSSR count). The Kier molecular flexibility index (Phi) is 10.1. The molecule has 1 aliphatic heterocycles. The molecule has 1 unspecified atom stereocenters. The number of amides is 2. The van der Waals surface area contributed by atoms with E-state index >= 15 is 0 Å². The smallest absolute Gasteiger partial charge is 0.409 e. The van der Waals surface area contributed by atoms with Crippen molar-refractivity contribution in [3.05, 3.63) is 71.8 Å². The van der Waals surface area contributed by atoms with Crippen LogP contribution < -0.4 is 5.32 Å². The van der Waals surface area contributed by atoms with Crippen LogP contribution in [0.1, 0.15) is 83.3 Å². The van der Waals surface area contributed by atoms with Crippen LogP contribution >= 0.6 is 0 Å². The summed E-state index contributed by atoms with van der Waals surface area (Å²) in [6.45, 7) is 6.62. The number of aliphatic hydroxyl groups is 1. The largest absolute Gasteiger partial charge is 0.447 e. The highest BCUT2D eigenvalue weighted by atomic mass is 16.6. The van der Waals surface area contributed by atoms with Gasteiger partial charge in [0.25, 0.3) is 0 Å². The highest BCUT2D eigenvalue weighted by Gasteiger charge is 2.42. The average Bonchev–Trinajstić information content (AvgIpc) is 2.96. The SMILES string of the molecule is CC(C)(C)OC(=O)NC(COC(=O)N1CCC(C(O)(c2ccccc2)c2ccccc2)CC1)CC1CCCCC1. The number of carbonyl (C=O) groups excluding carboxylic acids is 2. The molecule has 2 fully saturated rings. The molecule has 7 heteroatoms. The van der Waals surface area contributed by atoms with E-state index in [0.717, 1.165) is 30.4 Å². The van der Waals surface area contributed by atoms with Gasteiger partial charge in [-0.1, -0.05) is 92.8 Å². The van der Waals surface area contributed by atoms with Gasteiger partial charge < -0.3 is 24.8 Å². The fourth-order valence-electron chi connectivity index (χ4n) is 6.23. The molecule has 1 saturated carbocycles. The molecule has 0 radical (unpaired) electrons. The molecule has 1 atom stereocenters. The van der Waals surface area contributed by atoms with E-state index in [1.54, 1.807) is 4.90 Å². The van der Waals surface area contributed by atoms with Crippen molar-refractivity contribution in [1.29, 1.82) is 0 Å². The molecule has 2 N–H and O–H groups in total. The van der Waals surface area contributed by atoms with Crippen molar-refractivity contribution >= 4 is 12.2 Å². The van der Waals surface area contributed by atoms with Crippen molar-refractivity contribution in [1.82, 2.24) is 10.2 Å². The van der Waals surface area contributed by atoms with Crippen LogP contribution in [0.25, 0.3) is 0 Å². The first-order valence-corrected chi connectivity index (χ1v) is 14.9. The summed E-state index contributed by atoms with van der Waals surface area (Å²) < 4.78 is 11.2. The first kappa shape index (κ1) is 29.9. The molecule has 1 heterocycles. The lowest BCUT2D eigenvalue weighted by Crippen LogP contribution is -2.47. The van der Waals surface area contributed by atoms with E-state index in [2.05, 4.69) is 5.32 Å². The first-order valence-electron chi connectivity index (χ1n) is 14.9. The van der Waals surface area contributed by atoms with E-state index in [1.807, 2.05) is 81.4 Å². The summed E-state index contributed by atoms with van der Waals surface area (Å²) in [6, 6.07) is 19.3. The Labute approximate surface area is 239 Å². The summed E-state index contributed by atoms with van der Waals surface area (Å²) in [5, 5.41) is 15.1. The third-order valence-electron chi connectivity index (χ3n) is 8.24. The predicted molar refractivity (Wildman–Crippen MR) is 156 cm³/mol. The highest BCUT2D eigenvalue weighted by Crippen LogP contribution is 2.42. The average molecular weight is 551 g/mol. The number of likely N-dealkylation sites (tertiary alicyclic amines) is 1. The van der Waals surface area contributed by atoms with Crippen molar-refractivity contribution in [2.75, 3.05) is 19.7 Å². The molecule has 2 amide bonds. The van der Waals surface area contributed by atoms with Crippen LogP contribution in [0.4, 0.5) is 9.59 Å². The van der Waals surface area contributed by atoms with Crippen LogP contribution in [0.2, 0.25) is 0 Å². The Hall–Kier alpha value is -3.06. The van der Waals surface area contributed by atoms with Crippen molar-refractivity contribution in [3.63, 3.8) is 0 Å². The fraction of sp³-hybridized carbons (Fsp3) is 0.576. The molecule has 2 aromatic rings. The van der Waals surface area contributed by atoms with Gasteiger partial charge >= 0.3 is 12.2 Å². The van der Waals surface area contributed by atoms with Crippen molar-refractivity contribution in [2.45, 2.75) is 89.4 Å². The van der Waals surface area contributed by atoms with Crippen molar-refractivity contribution in [2.24, 2.45) is 11.8 Å². The minimum Gasteiger partial charge on any atom is -0.447 e. The van der Waals surface area contributed by atoms with Gasteiger partial charge in [-0.25, -0.2) is 9.59 Å². The van der Waals surface area contributed by atoms with Crippen LogP contribution in [-0.4, -0.2) is 53.5 Å². The molecule has 0 bridgehead atoms. The maximum absolute atomic E-state index is 13.1. The van der Waals surface area contributed by atoms with Crippen LogP contribution in [0, 0.1) is 11.8 Å². The summed E-state index contributed by atoms with van der Waals surface area (Å²) in [6.07, 6.45) is 7.17. The number of alkyl carbamates (subject to hydrolysis) is 1. The molecule has 7 nitrogen and oxygen atoms in total. The Morgan fingerprint density at radius 3 is 1.98 bits per heavy atom. The first-order chi connectivity index (χ1) is 19.1. The van der Waals surface area contributed by atoms with Crippen molar-refractivity contribution < 1.29 is 24.2 Å². The minimum atomic E-state index is -1.14. The number of benzene rings is 2. The van der Waals surface area contributed by atoms with Gasteiger partial charge in [0, 0.05) is 13.1 Å². The van der Waals surface area contributed by atoms with Crippen molar-refractivity contribution in [3.8, 4) is 0 Å². The van der Waals surface area contributed by atoms with Gasteiger partial charge in [-0.15, -0.1) is 0 Å². The van der Waals surface area contributed by atoms with Gasteiger partial charge in [0.05, 0.1) is 6.04 Å². The zero-order chi connectivity index (χ0) is 28.6. The summed E-state index contributed by atoms with van der Waals surface area (Å²) in [7, 11) is 0. The normalized spacial score (nSPS) is 18.1. The van der Waals surface area contributed by atoms with Crippen LogP contribution in [-0.2, 0) is 15.1 Å². The van der Waals surface area contributed by atoms with Crippen LogP contribution in [0.5, 0.6) is 0 Å². The zero-order valence-corrected chi connectivity index (χ0v) is 24.3. The molecule has 0 aromatic heterocycles. The van der Waals surface area contributed by atoms with E-state index in [1.165, 1.54) is 19.3 Å². The number of nitrogens with zero attached hydrogens (tertiary/aromatic N) is 1. The second-order valence-corrected chi connectivity index (χ2v) is 12.4. The number of ether oxygens (including phenoxy) is 2. The van der Waals surface area contributed by atoms with Gasteiger partial charge in [0.15, 0.2) is 0 Å². The second-order valence-electron chi connectivity index (χ2n) is 12.4. The number of piperidine rings is 1. The lowest BCUT2D eigenvalue weighted by atomic mass is 9.72. The zero-order valence-electron chi connectivity index (χ0n) is 24.3. The summed E-state index contributed by atoms with van der Waals surface area (Å²) >= 11 is 0. The van der Waals surface area contributed by atoms with E-state index in [4.69, 9.17) is 9.47 Å². The monoisotopic (exact) mass is 550 g/mol. The standard InChI is InChI=1S/C33H46N2O5/c1-32(2,3)40-30(36)34-29(23-25-13-7-4-8-14-25)24-39-31(37)35-21-19-28(20-22-35)33(38,26-15-9-5-10-16-26)27-17-11-6-12-18-27/h5-6,9-12,15-18,25,28-29,38H,4,7-8,13-14,19-24H2,1-3H3,(H,34,36). The minimum absolute atomic E-state index is 0.0470. The van der Waals surface area contributed by atoms with Gasteiger partial charge in [-0.3, -0.25) is 0 Å². The van der Waals surface area contributed by atoms with Crippen LogP contribution in [0.15, 0.2) is 60.7 Å². The Morgan fingerprint density at radius 2 is 1.45 bits per heavy atom. The molecule has 2 aromatic carbocycles. The Morgan fingerprint density at radius 1 is 0.900 bits per heavy atom. The number of nitrogens with one attached hydrogen (secondary N) is 1. The molecule has 1 saturated heterocycles. The molecule has 40 heavy (non-hydrogen) atoms. The van der Waals surface area contributed by atoms with Gasteiger partial charge in [0.1, 0.15) is 17.8 Å². The number of rotatable bonds is 8. The third kappa shape index (κ3) is 8.00. The van der Waals surface area contributed by atoms with Gasteiger partial charge in [-0.2, -0.15) is 0 Å². The topological polar surface area (TPSA) is 88.1 Å². The lowest BCUT2D eigenvalue weighted by Gasteiger charge is -2.42. The quantitative estimate of drug-likeness (QED) is 0.385. The summed E-state index contributed by atoms with van der Waals surface area (Å²) in [5.74, 6) is 0.464. The summed E-state index contributed by atoms with van der Waals surface area (Å²) in [4.78, 5) is 27.3. The van der Waals surface area contributed by atoms with Gasteiger partial charge in [0.2, 0.25) is 0 Å². The van der Waals surface area contributed by atoms with E-state index < -0.39 is 17.3 Å². The number of hydrogen-bond donors (Lipinski definition) is 2. The van der Waals surface area contributed by atoms with E-state index in [0.29, 0.717) is 31.8 Å². The molecule has 2 aliphatic rings. The molecule has 0 spiro atoms. The van der Waals surface area contributed by atoms with E-state index in [-0.39, 0.29) is 24.7 Å². The Balaban J connectivity index is 1.36. The molecular weight excluding hydrogens is 504 g/mol. The molecule has 1 aliphatic carbocycles. The van der Waals surface area contributed by atoms with E-state index in [9.17, 15) is 14.7 Å². The molecule has 218 valence electrons. The number of hydrogen-bond acceptors (Lipinski definition) is 5. The van der Waals surface area contributed by atoms with Gasteiger partial charge in [-0.05, 0) is 63.0 Å². The third-order valence-corrected chi connectivity index (χ3v) is 8.24.